The van der Waals surface area contributed by atoms with E-state index in [4.69, 9.17) is 4.74 Å². The summed E-state index contributed by atoms with van der Waals surface area (Å²) in [6.07, 6.45) is 0. The number of methoxy groups -OCH3 is 1. The van der Waals surface area contributed by atoms with Gasteiger partial charge in [-0.2, -0.15) is 0 Å². The second-order valence-corrected chi connectivity index (χ2v) is 7.09. The largest absolute Gasteiger partial charge is 0.497 e. The fourth-order valence-corrected chi connectivity index (χ4v) is 3.49. The van der Waals surface area contributed by atoms with Crippen LogP contribution in [-0.2, 0) is 9.59 Å². The van der Waals surface area contributed by atoms with Gasteiger partial charge in [0.1, 0.15) is 29.2 Å². The average Bonchev–Trinajstić information content (AvgIpc) is 3.04. The van der Waals surface area contributed by atoms with Gasteiger partial charge in [-0.3, -0.25) is 9.59 Å². The van der Waals surface area contributed by atoms with Crippen LogP contribution >= 0.6 is 0 Å². The zero-order chi connectivity index (χ0) is 23.4. The Balaban J connectivity index is 1.88. The Morgan fingerprint density at radius 1 is 1.12 bits per heavy atom. The Kier molecular flexibility index (Phi) is 6.86. The van der Waals surface area contributed by atoms with E-state index in [1.54, 1.807) is 0 Å². The van der Waals surface area contributed by atoms with Crippen molar-refractivity contribution in [2.45, 2.75) is 12.0 Å². The molecule has 0 saturated carbocycles. The van der Waals surface area contributed by atoms with Gasteiger partial charge in [0.2, 0.25) is 11.8 Å². The maximum absolute atomic E-state index is 14.7. The summed E-state index contributed by atoms with van der Waals surface area (Å²) in [5, 5.41) is 7.21. The van der Waals surface area contributed by atoms with Gasteiger partial charge in [0.15, 0.2) is 0 Å². The topological polar surface area (TPSA) is 99.8 Å². The van der Waals surface area contributed by atoms with Gasteiger partial charge in [-0.05, 0) is 24.3 Å². The molecule has 0 unspecified atom stereocenters. The third-order valence-corrected chi connectivity index (χ3v) is 5.06. The van der Waals surface area contributed by atoms with Crippen LogP contribution in [-0.4, -0.2) is 56.0 Å². The van der Waals surface area contributed by atoms with E-state index in [2.05, 4.69) is 16.0 Å². The van der Waals surface area contributed by atoms with Crippen molar-refractivity contribution < 1.29 is 32.3 Å². The second kappa shape index (κ2) is 9.58. The van der Waals surface area contributed by atoms with Crippen LogP contribution in [0.15, 0.2) is 36.4 Å². The van der Waals surface area contributed by atoms with Crippen molar-refractivity contribution in [2.24, 2.45) is 0 Å². The fourth-order valence-electron chi connectivity index (χ4n) is 3.49. The molecule has 170 valence electrons. The van der Waals surface area contributed by atoms with Crippen molar-refractivity contribution in [3.05, 3.63) is 59.4 Å². The second-order valence-electron chi connectivity index (χ2n) is 7.09. The molecule has 1 aliphatic rings. The highest BCUT2D eigenvalue weighted by Crippen LogP contribution is 2.34. The highest BCUT2D eigenvalue weighted by atomic mass is 19.1. The fraction of sp³-hybridized carbons (Fsp3) is 0.286. The van der Waals surface area contributed by atoms with Gasteiger partial charge in [0.25, 0.3) is 0 Å². The molecule has 0 aliphatic carbocycles. The number of likely N-dealkylation sites (N-methyl/N-ethyl adjacent to an activating group) is 1. The van der Waals surface area contributed by atoms with Crippen LogP contribution in [0.25, 0.3) is 0 Å². The Labute approximate surface area is 181 Å². The Morgan fingerprint density at radius 3 is 2.31 bits per heavy atom. The molecule has 3 rings (SSSR count). The zero-order valence-corrected chi connectivity index (χ0v) is 17.2. The quantitative estimate of drug-likeness (QED) is 0.627. The first kappa shape index (κ1) is 22.9. The summed E-state index contributed by atoms with van der Waals surface area (Å²) in [5.74, 6) is -4.73. The predicted molar refractivity (Wildman–Crippen MR) is 109 cm³/mol. The number of anilines is 1. The maximum atomic E-state index is 14.7. The molecule has 1 heterocycles. The normalized spacial score (nSPS) is 17.8. The molecule has 0 spiro atoms. The minimum atomic E-state index is -1.35. The number of halogens is 3. The molecule has 1 fully saturated rings. The highest BCUT2D eigenvalue weighted by Gasteiger charge is 2.45. The molecule has 0 bridgehead atoms. The van der Waals surface area contributed by atoms with Crippen molar-refractivity contribution in [3.8, 4) is 5.75 Å². The van der Waals surface area contributed by atoms with Gasteiger partial charge in [-0.15, -0.1) is 0 Å². The lowest BCUT2D eigenvalue weighted by molar-refractivity contribution is -0.133. The van der Waals surface area contributed by atoms with Crippen LogP contribution in [0.5, 0.6) is 5.75 Å². The van der Waals surface area contributed by atoms with Crippen LogP contribution in [0.3, 0.4) is 0 Å². The van der Waals surface area contributed by atoms with Crippen LogP contribution in [0, 0.1) is 17.5 Å². The average molecular weight is 450 g/mol. The van der Waals surface area contributed by atoms with Crippen molar-refractivity contribution in [1.29, 1.82) is 0 Å². The van der Waals surface area contributed by atoms with E-state index in [-0.39, 0.29) is 24.5 Å². The molecule has 3 N–H and O–H groups in total. The summed E-state index contributed by atoms with van der Waals surface area (Å²) in [6.45, 7) is -0.545. The molecule has 11 heteroatoms. The Bertz CT molecular complexity index is 1010. The number of carbonyl (C=O) groups excluding carboxylic acids is 3. The number of likely N-dealkylation sites (tertiary alicyclic amines) is 1. The number of hydrogen-bond acceptors (Lipinski definition) is 4. The Hall–Kier alpha value is -3.76. The first-order valence-electron chi connectivity index (χ1n) is 9.58. The lowest BCUT2D eigenvalue weighted by Crippen LogP contribution is -2.46. The van der Waals surface area contributed by atoms with Gasteiger partial charge in [0.05, 0.1) is 13.7 Å². The predicted octanol–water partition coefficient (Wildman–Crippen LogP) is 1.97. The molecule has 2 aromatic rings. The van der Waals surface area contributed by atoms with Gasteiger partial charge < -0.3 is 25.6 Å². The summed E-state index contributed by atoms with van der Waals surface area (Å²) >= 11 is 0. The van der Waals surface area contributed by atoms with E-state index < -0.39 is 52.8 Å². The SMILES string of the molecule is CNC(=O)CN1C[C@@H](c2c(F)cc(OC)cc2F)[C@H](NC(=O)Nc2ccc(F)cc2)C1=O. The van der Waals surface area contributed by atoms with Crippen LogP contribution in [0.2, 0.25) is 0 Å². The number of hydrogen-bond donors (Lipinski definition) is 3. The molecule has 0 aromatic heterocycles. The summed E-state index contributed by atoms with van der Waals surface area (Å²) in [4.78, 5) is 38.2. The number of carbonyl (C=O) groups is 3. The van der Waals surface area contributed by atoms with Crippen molar-refractivity contribution in [3.63, 3.8) is 0 Å². The van der Waals surface area contributed by atoms with Crippen molar-refractivity contribution >= 4 is 23.5 Å². The summed E-state index contributed by atoms with van der Waals surface area (Å²) in [5.41, 5.74) is -0.166. The molecule has 1 saturated heterocycles. The first-order valence-corrected chi connectivity index (χ1v) is 9.58. The minimum Gasteiger partial charge on any atom is -0.497 e. The van der Waals surface area contributed by atoms with Crippen LogP contribution < -0.4 is 20.7 Å². The third-order valence-electron chi connectivity index (χ3n) is 5.06. The van der Waals surface area contributed by atoms with Crippen LogP contribution in [0.1, 0.15) is 11.5 Å². The van der Waals surface area contributed by atoms with Gasteiger partial charge in [0, 0.05) is 42.9 Å². The lowest BCUT2D eigenvalue weighted by Gasteiger charge is -2.20. The third kappa shape index (κ3) is 4.93. The van der Waals surface area contributed by atoms with E-state index >= 15 is 0 Å². The molecular weight excluding hydrogens is 429 g/mol. The smallest absolute Gasteiger partial charge is 0.319 e. The summed E-state index contributed by atoms with van der Waals surface area (Å²) < 4.78 is 47.4. The Morgan fingerprint density at radius 2 is 1.75 bits per heavy atom. The molecule has 2 atom stereocenters. The summed E-state index contributed by atoms with van der Waals surface area (Å²) in [6, 6.07) is 4.64. The molecule has 2 aromatic carbocycles. The monoisotopic (exact) mass is 450 g/mol. The molecule has 4 amide bonds. The van der Waals surface area contributed by atoms with Crippen molar-refractivity contribution in [2.75, 3.05) is 32.6 Å². The van der Waals surface area contributed by atoms with Crippen LogP contribution in [0.4, 0.5) is 23.7 Å². The van der Waals surface area contributed by atoms with E-state index in [1.165, 1.54) is 26.3 Å². The minimum absolute atomic E-state index is 0.0474. The molecular formula is C21H21F3N4O4. The number of nitrogens with one attached hydrogen (secondary N) is 3. The molecule has 0 radical (unpaired) electrons. The maximum Gasteiger partial charge on any atom is 0.319 e. The number of nitrogens with zero attached hydrogens (tertiary/aromatic N) is 1. The van der Waals surface area contributed by atoms with E-state index in [1.807, 2.05) is 0 Å². The zero-order valence-electron chi connectivity index (χ0n) is 17.2. The van der Waals surface area contributed by atoms with E-state index in [0.717, 1.165) is 29.2 Å². The van der Waals surface area contributed by atoms with Gasteiger partial charge >= 0.3 is 6.03 Å². The first-order chi connectivity index (χ1) is 15.2. The van der Waals surface area contributed by atoms with E-state index in [0.29, 0.717) is 0 Å². The molecule has 1 aliphatic heterocycles. The number of rotatable bonds is 6. The van der Waals surface area contributed by atoms with Gasteiger partial charge in [-0.25, -0.2) is 18.0 Å². The number of urea groups is 1. The van der Waals surface area contributed by atoms with Crippen molar-refractivity contribution in [1.82, 2.24) is 15.5 Å². The molecule has 8 nitrogen and oxygen atoms in total. The summed E-state index contributed by atoms with van der Waals surface area (Å²) in [7, 11) is 2.64. The van der Waals surface area contributed by atoms with Gasteiger partial charge in [-0.1, -0.05) is 0 Å². The molecule has 32 heavy (non-hydrogen) atoms. The number of amides is 4. The lowest BCUT2D eigenvalue weighted by atomic mass is 9.93. The van der Waals surface area contributed by atoms with E-state index in [9.17, 15) is 27.6 Å². The highest BCUT2D eigenvalue weighted by molar-refractivity contribution is 5.96. The standard InChI is InChI=1S/C21H21F3N4O4/c1-25-17(29)10-28-9-14(18-15(23)7-13(32-2)8-16(18)24)19(20(28)30)27-21(31)26-12-5-3-11(22)4-6-12/h3-8,14,19H,9-10H2,1-2H3,(H,25,29)(H2,26,27,31)/t14-,19-/m0/s1. The number of benzene rings is 2. The number of ether oxygens (including phenoxy) is 1.